The largest absolute Gasteiger partial charge is 0.392 e. The second-order valence-electron chi connectivity index (χ2n) is 4.40. The predicted octanol–water partition coefficient (Wildman–Crippen LogP) is 3.67. The molecule has 0 aromatic heterocycles. The van der Waals surface area contributed by atoms with Crippen LogP contribution in [0.4, 0.5) is 5.69 Å². The molecule has 0 spiro atoms. The van der Waals surface area contributed by atoms with Gasteiger partial charge in [0.05, 0.1) is 6.61 Å². The number of halogens is 1. The van der Waals surface area contributed by atoms with Crippen molar-refractivity contribution in [2.45, 2.75) is 6.61 Å². The number of aliphatic hydroxyl groups is 1. The van der Waals surface area contributed by atoms with Crippen molar-refractivity contribution in [3.8, 4) is 11.1 Å². The minimum absolute atomic E-state index is 0.0487. The first kappa shape index (κ1) is 13.1. The quantitative estimate of drug-likeness (QED) is 0.935. The molecule has 18 heavy (non-hydrogen) atoms. The summed E-state index contributed by atoms with van der Waals surface area (Å²) in [6, 6.07) is 14.3. The Morgan fingerprint density at radius 1 is 1.06 bits per heavy atom. The molecule has 2 nitrogen and oxygen atoms in total. The molecule has 3 heteroatoms. The van der Waals surface area contributed by atoms with Crippen LogP contribution in [-0.4, -0.2) is 19.2 Å². The molecule has 1 N–H and O–H groups in total. The minimum atomic E-state index is 0.0487. The number of aliphatic hydroxyl groups excluding tert-OH is 1. The van der Waals surface area contributed by atoms with Crippen molar-refractivity contribution in [3.05, 3.63) is 52.5 Å². The van der Waals surface area contributed by atoms with Crippen molar-refractivity contribution >= 4 is 21.6 Å². The summed E-state index contributed by atoms with van der Waals surface area (Å²) in [5.41, 5.74) is 4.24. The molecule has 2 aromatic rings. The van der Waals surface area contributed by atoms with E-state index in [0.29, 0.717) is 0 Å². The van der Waals surface area contributed by atoms with Crippen molar-refractivity contribution in [1.82, 2.24) is 0 Å². The van der Waals surface area contributed by atoms with Gasteiger partial charge in [-0.15, -0.1) is 0 Å². The number of hydrogen-bond acceptors (Lipinski definition) is 2. The van der Waals surface area contributed by atoms with E-state index in [2.05, 4.69) is 28.1 Å². The molecule has 0 unspecified atom stereocenters. The van der Waals surface area contributed by atoms with Crippen LogP contribution in [0.25, 0.3) is 11.1 Å². The molecule has 0 aliphatic heterocycles. The van der Waals surface area contributed by atoms with Crippen LogP contribution in [0.2, 0.25) is 0 Å². The summed E-state index contributed by atoms with van der Waals surface area (Å²) < 4.78 is 1.06. The molecular weight excluding hydrogens is 290 g/mol. The normalized spacial score (nSPS) is 10.4. The highest BCUT2D eigenvalue weighted by Crippen LogP contribution is 2.28. The molecule has 0 aliphatic rings. The van der Waals surface area contributed by atoms with E-state index in [0.717, 1.165) is 26.9 Å². The Balaban J connectivity index is 2.47. The van der Waals surface area contributed by atoms with Crippen molar-refractivity contribution < 1.29 is 5.11 Å². The molecule has 0 heterocycles. The summed E-state index contributed by atoms with van der Waals surface area (Å²) in [5.74, 6) is 0. The Morgan fingerprint density at radius 3 is 2.28 bits per heavy atom. The summed E-state index contributed by atoms with van der Waals surface area (Å²) in [5, 5.41) is 9.51. The van der Waals surface area contributed by atoms with Crippen LogP contribution in [0.15, 0.2) is 46.9 Å². The third-order valence-electron chi connectivity index (χ3n) is 2.93. The third-order valence-corrected chi connectivity index (χ3v) is 3.46. The van der Waals surface area contributed by atoms with Gasteiger partial charge in [-0.3, -0.25) is 0 Å². The molecule has 0 fully saturated rings. The van der Waals surface area contributed by atoms with Gasteiger partial charge in [0.2, 0.25) is 0 Å². The van der Waals surface area contributed by atoms with Crippen LogP contribution in [0.3, 0.4) is 0 Å². The number of nitrogens with zero attached hydrogens (tertiary/aromatic N) is 1. The standard InChI is InChI=1S/C15H16BrNO/c1-17(2)14-7-8-15(12(9-14)10-18)11-3-5-13(16)6-4-11/h3-9,18H,10H2,1-2H3. The summed E-state index contributed by atoms with van der Waals surface area (Å²) in [7, 11) is 3.99. The van der Waals surface area contributed by atoms with Crippen LogP contribution in [0, 0.1) is 0 Å². The average molecular weight is 306 g/mol. The predicted molar refractivity (Wildman–Crippen MR) is 79.8 cm³/mol. The van der Waals surface area contributed by atoms with Crippen molar-refractivity contribution in [2.24, 2.45) is 0 Å². The lowest BCUT2D eigenvalue weighted by Crippen LogP contribution is -2.09. The highest BCUT2D eigenvalue weighted by molar-refractivity contribution is 9.10. The summed E-state index contributed by atoms with van der Waals surface area (Å²) in [6.07, 6.45) is 0. The minimum Gasteiger partial charge on any atom is -0.392 e. The molecule has 0 radical (unpaired) electrons. The molecule has 0 aliphatic carbocycles. The molecule has 0 saturated heterocycles. The van der Waals surface area contributed by atoms with Gasteiger partial charge in [0.1, 0.15) is 0 Å². The van der Waals surface area contributed by atoms with Gasteiger partial charge in [-0.25, -0.2) is 0 Å². The lowest BCUT2D eigenvalue weighted by atomic mass is 9.99. The highest BCUT2D eigenvalue weighted by Gasteiger charge is 2.06. The Hall–Kier alpha value is -1.32. The fourth-order valence-corrected chi connectivity index (χ4v) is 2.16. The van der Waals surface area contributed by atoms with Crippen molar-refractivity contribution in [3.63, 3.8) is 0 Å². The molecule has 94 valence electrons. The Labute approximate surface area is 116 Å². The Kier molecular flexibility index (Phi) is 4.04. The fraction of sp³-hybridized carbons (Fsp3) is 0.200. The van der Waals surface area contributed by atoms with Crippen molar-refractivity contribution in [2.75, 3.05) is 19.0 Å². The molecule has 0 amide bonds. The van der Waals surface area contributed by atoms with E-state index in [1.807, 2.05) is 49.3 Å². The first-order valence-corrected chi connectivity index (χ1v) is 6.58. The third kappa shape index (κ3) is 2.74. The van der Waals surface area contributed by atoms with E-state index in [4.69, 9.17) is 0 Å². The van der Waals surface area contributed by atoms with Crippen LogP contribution in [-0.2, 0) is 6.61 Å². The molecule has 0 atom stereocenters. The zero-order chi connectivity index (χ0) is 13.1. The summed E-state index contributed by atoms with van der Waals surface area (Å²) in [6.45, 7) is 0.0487. The van der Waals surface area contributed by atoms with Crippen LogP contribution in [0.1, 0.15) is 5.56 Å². The van der Waals surface area contributed by atoms with Gasteiger partial charge < -0.3 is 10.0 Å². The van der Waals surface area contributed by atoms with Gasteiger partial charge in [-0.05, 0) is 41.0 Å². The first-order valence-electron chi connectivity index (χ1n) is 5.79. The van der Waals surface area contributed by atoms with E-state index in [-0.39, 0.29) is 6.61 Å². The van der Waals surface area contributed by atoms with Gasteiger partial charge in [0.15, 0.2) is 0 Å². The van der Waals surface area contributed by atoms with E-state index in [9.17, 15) is 5.11 Å². The molecule has 0 bridgehead atoms. The van der Waals surface area contributed by atoms with Gasteiger partial charge in [0.25, 0.3) is 0 Å². The smallest absolute Gasteiger partial charge is 0.0688 e. The molecule has 2 aromatic carbocycles. The molecule has 0 saturated carbocycles. The number of benzene rings is 2. The summed E-state index contributed by atoms with van der Waals surface area (Å²) in [4.78, 5) is 2.03. The van der Waals surface area contributed by atoms with Gasteiger partial charge in [0, 0.05) is 24.3 Å². The van der Waals surface area contributed by atoms with Gasteiger partial charge >= 0.3 is 0 Å². The molecular formula is C15H16BrNO. The van der Waals surface area contributed by atoms with Gasteiger partial charge in [-0.2, -0.15) is 0 Å². The Bertz CT molecular complexity index is 535. The second-order valence-corrected chi connectivity index (χ2v) is 5.32. The van der Waals surface area contributed by atoms with E-state index >= 15 is 0 Å². The number of hydrogen-bond donors (Lipinski definition) is 1. The van der Waals surface area contributed by atoms with Crippen LogP contribution < -0.4 is 4.90 Å². The van der Waals surface area contributed by atoms with Crippen LogP contribution in [0.5, 0.6) is 0 Å². The van der Waals surface area contributed by atoms with E-state index < -0.39 is 0 Å². The lowest BCUT2D eigenvalue weighted by molar-refractivity contribution is 0.282. The SMILES string of the molecule is CN(C)c1ccc(-c2ccc(Br)cc2)c(CO)c1. The maximum absolute atomic E-state index is 9.51. The fourth-order valence-electron chi connectivity index (χ4n) is 1.90. The zero-order valence-electron chi connectivity index (χ0n) is 10.5. The maximum Gasteiger partial charge on any atom is 0.0688 e. The van der Waals surface area contributed by atoms with Crippen LogP contribution >= 0.6 is 15.9 Å². The Morgan fingerprint density at radius 2 is 1.72 bits per heavy atom. The zero-order valence-corrected chi connectivity index (χ0v) is 12.1. The highest BCUT2D eigenvalue weighted by atomic mass is 79.9. The maximum atomic E-state index is 9.51. The number of rotatable bonds is 3. The summed E-state index contributed by atoms with van der Waals surface area (Å²) >= 11 is 3.43. The number of anilines is 1. The lowest BCUT2D eigenvalue weighted by Gasteiger charge is -2.16. The molecule has 2 rings (SSSR count). The van der Waals surface area contributed by atoms with Crippen molar-refractivity contribution in [1.29, 1.82) is 0 Å². The average Bonchev–Trinajstić information content (AvgIpc) is 2.39. The van der Waals surface area contributed by atoms with Gasteiger partial charge in [-0.1, -0.05) is 34.1 Å². The van der Waals surface area contributed by atoms with E-state index in [1.165, 1.54) is 0 Å². The first-order chi connectivity index (χ1) is 8.61. The topological polar surface area (TPSA) is 23.5 Å². The van der Waals surface area contributed by atoms with E-state index in [1.54, 1.807) is 0 Å². The monoisotopic (exact) mass is 305 g/mol. The second kappa shape index (κ2) is 5.55.